The Hall–Kier alpha value is -7.49. The lowest BCUT2D eigenvalue weighted by molar-refractivity contribution is 1.19. The van der Waals surface area contributed by atoms with Crippen LogP contribution in [-0.2, 0) is 0 Å². The summed E-state index contributed by atoms with van der Waals surface area (Å²) in [6, 6.07) is 88.3. The molecule has 0 N–H and O–H groups in total. The summed E-state index contributed by atoms with van der Waals surface area (Å²) in [6.07, 6.45) is 3.82. The van der Waals surface area contributed by atoms with Crippen molar-refractivity contribution in [1.82, 2.24) is 9.97 Å². The van der Waals surface area contributed by atoms with Crippen LogP contribution in [0.15, 0.2) is 249 Å². The van der Waals surface area contributed by atoms with Crippen molar-refractivity contribution >= 4 is 106 Å². The number of hydrogen-bond donors (Lipinski definition) is 0. The molecule has 3 aromatic heterocycles. The van der Waals surface area contributed by atoms with E-state index in [0.717, 1.165) is 17.1 Å². The van der Waals surface area contributed by atoms with Crippen molar-refractivity contribution in [3.05, 3.63) is 249 Å². The first kappa shape index (κ1) is 38.2. The highest BCUT2D eigenvalue weighted by molar-refractivity contribution is 7.26. The van der Waals surface area contributed by atoms with Crippen molar-refractivity contribution in [1.29, 1.82) is 0 Å². The quantitative estimate of drug-likeness (QED) is 0.113. The molecular weight excluding hydrogens is 827 g/mol. The number of anilines is 3. The Labute approximate surface area is 379 Å². The van der Waals surface area contributed by atoms with Crippen LogP contribution >= 0.6 is 11.3 Å². The minimum absolute atomic E-state index is 0.898. The van der Waals surface area contributed by atoms with Crippen LogP contribution in [0.2, 0.25) is 0 Å². The van der Waals surface area contributed by atoms with E-state index >= 15 is 0 Å². The van der Waals surface area contributed by atoms with E-state index in [1.165, 1.54) is 73.0 Å². The van der Waals surface area contributed by atoms with Crippen LogP contribution in [0.1, 0.15) is 0 Å². The van der Waals surface area contributed by atoms with Crippen molar-refractivity contribution in [2.24, 2.45) is 0 Å². The van der Waals surface area contributed by atoms with Crippen molar-refractivity contribution in [3.8, 4) is 11.3 Å². The standard InChI is InChI=1S/C58H41N3SSi2/c1-5-21-43(22-6-1)63(44-23-7-2-8-24-44,47-29-19-20-42(38-47)51-31-15-17-36-59-51)48-34-35-56-52(39-48)61(58-33-16-18-37-60-58)53-41-55-50(49-30-13-14-32-54(49)62-55)40-57(53)64(56,45-25-9-3-10-26-45)46-27-11-4-12-28-46/h1-41H. The molecule has 12 rings (SSSR count). The topological polar surface area (TPSA) is 29.0 Å². The summed E-state index contributed by atoms with van der Waals surface area (Å²) >= 11 is 1.87. The van der Waals surface area contributed by atoms with Gasteiger partial charge in [0, 0.05) is 49.5 Å². The second-order valence-corrected chi connectivity index (χ2v) is 25.1. The Morgan fingerprint density at radius 1 is 0.391 bits per heavy atom. The van der Waals surface area contributed by atoms with Crippen LogP contribution in [0.25, 0.3) is 31.4 Å². The monoisotopic (exact) mass is 867 g/mol. The third kappa shape index (κ3) is 5.91. The van der Waals surface area contributed by atoms with Crippen molar-refractivity contribution in [2.75, 3.05) is 4.90 Å². The van der Waals surface area contributed by atoms with Crippen LogP contribution in [0.3, 0.4) is 0 Å². The number of pyridine rings is 2. The Kier molecular flexibility index (Phi) is 9.37. The van der Waals surface area contributed by atoms with E-state index in [0.29, 0.717) is 0 Å². The number of benzene rings is 8. The zero-order valence-corrected chi connectivity index (χ0v) is 37.7. The van der Waals surface area contributed by atoms with Gasteiger partial charge < -0.3 is 0 Å². The van der Waals surface area contributed by atoms with Gasteiger partial charge in [-0.3, -0.25) is 9.88 Å². The van der Waals surface area contributed by atoms with Crippen molar-refractivity contribution in [2.45, 2.75) is 0 Å². The van der Waals surface area contributed by atoms with Crippen LogP contribution in [0.5, 0.6) is 0 Å². The summed E-state index contributed by atoms with van der Waals surface area (Å²) in [5, 5.41) is 13.3. The molecule has 0 saturated carbocycles. The lowest BCUT2D eigenvalue weighted by atomic mass is 10.1. The minimum atomic E-state index is -3.07. The Morgan fingerprint density at radius 3 is 1.62 bits per heavy atom. The van der Waals surface area contributed by atoms with Gasteiger partial charge >= 0.3 is 0 Å². The number of rotatable bonds is 8. The van der Waals surface area contributed by atoms with E-state index in [9.17, 15) is 0 Å². The molecule has 0 saturated heterocycles. The number of hydrogen-bond acceptors (Lipinski definition) is 4. The van der Waals surface area contributed by atoms with Crippen LogP contribution in [0, 0.1) is 0 Å². The highest BCUT2D eigenvalue weighted by Crippen LogP contribution is 2.42. The van der Waals surface area contributed by atoms with Crippen LogP contribution in [0.4, 0.5) is 17.2 Å². The fourth-order valence-electron chi connectivity index (χ4n) is 10.5. The lowest BCUT2D eigenvalue weighted by Crippen LogP contribution is -2.78. The predicted molar refractivity (Wildman–Crippen MR) is 276 cm³/mol. The van der Waals surface area contributed by atoms with Crippen LogP contribution < -0.4 is 46.4 Å². The van der Waals surface area contributed by atoms with Crippen LogP contribution in [-0.4, -0.2) is 26.1 Å². The first-order valence-corrected chi connectivity index (χ1v) is 26.6. The molecule has 0 bridgehead atoms. The van der Waals surface area contributed by atoms with E-state index in [4.69, 9.17) is 9.97 Å². The zero-order chi connectivity index (χ0) is 42.5. The minimum Gasteiger partial charge on any atom is -0.295 e. The zero-order valence-electron chi connectivity index (χ0n) is 34.9. The molecule has 0 spiro atoms. The maximum absolute atomic E-state index is 5.18. The number of fused-ring (bicyclic) bond motifs is 5. The van der Waals surface area contributed by atoms with Gasteiger partial charge in [0.25, 0.3) is 0 Å². The van der Waals surface area contributed by atoms with Gasteiger partial charge in [0.15, 0.2) is 16.1 Å². The van der Waals surface area contributed by atoms with E-state index < -0.39 is 16.1 Å². The Balaban J connectivity index is 1.24. The van der Waals surface area contributed by atoms with E-state index in [1.807, 2.05) is 35.9 Å². The molecule has 0 atom stereocenters. The summed E-state index contributed by atoms with van der Waals surface area (Å²) in [5.41, 5.74) is 4.43. The fourth-order valence-corrected chi connectivity index (χ4v) is 21.5. The molecule has 0 amide bonds. The average Bonchev–Trinajstić information content (AvgIpc) is 3.74. The molecule has 3 nitrogen and oxygen atoms in total. The highest BCUT2D eigenvalue weighted by Gasteiger charge is 2.51. The molecule has 8 aromatic carbocycles. The molecule has 0 aliphatic carbocycles. The van der Waals surface area contributed by atoms with Gasteiger partial charge in [0.2, 0.25) is 0 Å². The molecule has 64 heavy (non-hydrogen) atoms. The molecule has 6 heteroatoms. The van der Waals surface area contributed by atoms with Gasteiger partial charge in [-0.05, 0) is 84.0 Å². The van der Waals surface area contributed by atoms with E-state index in [-0.39, 0.29) is 0 Å². The van der Waals surface area contributed by atoms with Gasteiger partial charge in [0.05, 0.1) is 5.69 Å². The SMILES string of the molecule is c1ccc([Si](c2ccccc2)(c2cccc(-c3ccccn3)c2)c2ccc3c(c2)N(c2ccccn2)c2cc4sc5ccccc5c4cc2[Si]3(c2ccccc2)c2ccccc2)cc1. The normalized spacial score (nSPS) is 13.1. The Morgan fingerprint density at radius 2 is 0.969 bits per heavy atom. The highest BCUT2D eigenvalue weighted by atomic mass is 32.1. The molecule has 4 heterocycles. The van der Waals surface area contributed by atoms with Gasteiger partial charge in [-0.25, -0.2) is 4.98 Å². The number of thiophene rings is 1. The van der Waals surface area contributed by atoms with E-state index in [1.54, 1.807) is 0 Å². The lowest BCUT2D eigenvalue weighted by Gasteiger charge is -2.45. The smallest absolute Gasteiger partial charge is 0.184 e. The predicted octanol–water partition coefficient (Wildman–Crippen LogP) is 9.05. The molecule has 302 valence electrons. The molecule has 1 aliphatic rings. The largest absolute Gasteiger partial charge is 0.295 e. The molecular formula is C58H41N3SSi2. The maximum Gasteiger partial charge on any atom is 0.184 e. The third-order valence-electron chi connectivity index (χ3n) is 13.2. The summed E-state index contributed by atoms with van der Waals surface area (Å²) in [5.74, 6) is 0.898. The molecule has 1 aliphatic heterocycles. The van der Waals surface area contributed by atoms with Gasteiger partial charge in [0.1, 0.15) is 5.82 Å². The van der Waals surface area contributed by atoms with Gasteiger partial charge in [-0.2, -0.15) is 0 Å². The second kappa shape index (κ2) is 15.7. The summed E-state index contributed by atoms with van der Waals surface area (Å²) in [6.45, 7) is 0. The second-order valence-electron chi connectivity index (χ2n) is 16.5. The first-order chi connectivity index (χ1) is 31.7. The summed E-state index contributed by atoms with van der Waals surface area (Å²) in [4.78, 5) is 12.5. The molecule has 0 unspecified atom stereocenters. The number of aromatic nitrogens is 2. The average molecular weight is 868 g/mol. The molecule has 0 radical (unpaired) electrons. The summed E-state index contributed by atoms with van der Waals surface area (Å²) < 4.78 is 2.57. The van der Waals surface area contributed by atoms with Gasteiger partial charge in [-0.1, -0.05) is 194 Å². The molecule has 0 fully saturated rings. The van der Waals surface area contributed by atoms with Crippen molar-refractivity contribution < 1.29 is 0 Å². The summed E-state index contributed by atoms with van der Waals surface area (Å²) in [7, 11) is -6.13. The van der Waals surface area contributed by atoms with E-state index in [2.05, 4.69) is 229 Å². The number of nitrogens with zero attached hydrogens (tertiary/aromatic N) is 3. The van der Waals surface area contributed by atoms with Gasteiger partial charge in [-0.15, -0.1) is 11.3 Å². The maximum atomic E-state index is 5.18. The third-order valence-corrected chi connectivity index (χ3v) is 23.9. The molecule has 11 aromatic rings. The van der Waals surface area contributed by atoms with Crippen molar-refractivity contribution in [3.63, 3.8) is 0 Å². The first-order valence-electron chi connectivity index (χ1n) is 21.8. The Bertz CT molecular complexity index is 3360. The fraction of sp³-hybridized carbons (Fsp3) is 0.